The Balaban J connectivity index is 1.95. The minimum Gasteiger partial charge on any atom is -0.312 e. The molecule has 3 heteroatoms. The summed E-state index contributed by atoms with van der Waals surface area (Å²) >= 11 is 0. The van der Waals surface area contributed by atoms with Crippen molar-refractivity contribution in [3.8, 4) is 6.07 Å². The van der Waals surface area contributed by atoms with Crippen LogP contribution in [0.2, 0.25) is 0 Å². The summed E-state index contributed by atoms with van der Waals surface area (Å²) in [6.07, 6.45) is 7.05. The maximum absolute atomic E-state index is 12.3. The Morgan fingerprint density at radius 1 is 1.44 bits per heavy atom. The Hall–Kier alpha value is -1.56. The van der Waals surface area contributed by atoms with Crippen LogP contribution in [0.4, 0.5) is 0 Å². The molecule has 0 saturated heterocycles. The Labute approximate surface area is 107 Å². The second-order valence-electron chi connectivity index (χ2n) is 5.59. The molecular formula is C15H18N2O. The zero-order valence-corrected chi connectivity index (χ0v) is 10.7. The van der Waals surface area contributed by atoms with Crippen molar-refractivity contribution in [1.82, 2.24) is 4.57 Å². The molecule has 2 fully saturated rings. The molecule has 0 amide bonds. The Morgan fingerprint density at radius 3 is 2.72 bits per heavy atom. The zero-order valence-electron chi connectivity index (χ0n) is 10.7. The molecule has 0 atom stereocenters. The van der Waals surface area contributed by atoms with Gasteiger partial charge in [0.05, 0.1) is 12.0 Å². The Bertz CT molecular complexity index is 557. The molecule has 0 aromatic carbocycles. The quantitative estimate of drug-likeness (QED) is 0.818. The summed E-state index contributed by atoms with van der Waals surface area (Å²) < 4.78 is 1.90. The molecule has 2 saturated carbocycles. The number of rotatable bonds is 3. The average Bonchev–Trinajstić information content (AvgIpc) is 3.14. The first-order chi connectivity index (χ1) is 8.72. The van der Waals surface area contributed by atoms with Crippen LogP contribution in [0, 0.1) is 17.2 Å². The molecule has 0 aliphatic heterocycles. The van der Waals surface area contributed by atoms with Crippen LogP contribution in [0.1, 0.15) is 55.7 Å². The van der Waals surface area contributed by atoms with Crippen LogP contribution in [0.3, 0.4) is 0 Å². The fraction of sp³-hybridized carbons (Fsp3) is 0.600. The van der Waals surface area contributed by atoms with Crippen molar-refractivity contribution < 1.29 is 0 Å². The number of aromatic nitrogens is 1. The van der Waals surface area contributed by atoms with E-state index >= 15 is 0 Å². The predicted molar refractivity (Wildman–Crippen MR) is 69.4 cm³/mol. The highest BCUT2D eigenvalue weighted by Crippen LogP contribution is 2.41. The van der Waals surface area contributed by atoms with Crippen LogP contribution >= 0.6 is 0 Å². The predicted octanol–water partition coefficient (Wildman–Crippen LogP) is 2.76. The molecule has 0 unspecified atom stereocenters. The summed E-state index contributed by atoms with van der Waals surface area (Å²) in [5, 5.41) is 8.84. The van der Waals surface area contributed by atoms with E-state index in [1.54, 1.807) is 0 Å². The highest BCUT2D eigenvalue weighted by molar-refractivity contribution is 5.26. The third-order valence-electron chi connectivity index (χ3n) is 4.26. The molecule has 3 nitrogen and oxygen atoms in total. The second kappa shape index (κ2) is 4.28. The number of hydrogen-bond donors (Lipinski definition) is 0. The zero-order chi connectivity index (χ0) is 12.7. The molecule has 0 spiro atoms. The van der Waals surface area contributed by atoms with Crippen molar-refractivity contribution in [3.05, 3.63) is 33.7 Å². The largest absolute Gasteiger partial charge is 0.312 e. The van der Waals surface area contributed by atoms with E-state index in [4.69, 9.17) is 5.26 Å². The van der Waals surface area contributed by atoms with Gasteiger partial charge in [0.1, 0.15) is 0 Å². The number of pyridine rings is 1. The minimum atomic E-state index is 0.150. The van der Waals surface area contributed by atoms with Gasteiger partial charge in [0.15, 0.2) is 0 Å². The lowest BCUT2D eigenvalue weighted by Gasteiger charge is -2.32. The smallest absolute Gasteiger partial charge is 0.253 e. The van der Waals surface area contributed by atoms with E-state index in [1.807, 2.05) is 11.5 Å². The van der Waals surface area contributed by atoms with E-state index < -0.39 is 0 Å². The first-order valence-corrected chi connectivity index (χ1v) is 6.87. The van der Waals surface area contributed by atoms with Gasteiger partial charge in [-0.1, -0.05) is 6.92 Å². The average molecular weight is 242 g/mol. The van der Waals surface area contributed by atoms with E-state index in [2.05, 4.69) is 18.3 Å². The molecule has 2 aliphatic carbocycles. The van der Waals surface area contributed by atoms with Gasteiger partial charge in [0, 0.05) is 17.8 Å². The monoisotopic (exact) mass is 242 g/mol. The van der Waals surface area contributed by atoms with Gasteiger partial charge >= 0.3 is 0 Å². The maximum atomic E-state index is 12.3. The minimum absolute atomic E-state index is 0.150. The highest BCUT2D eigenvalue weighted by atomic mass is 16.1. The van der Waals surface area contributed by atoms with Crippen molar-refractivity contribution in [2.45, 2.75) is 51.0 Å². The van der Waals surface area contributed by atoms with Crippen LogP contribution in [0.25, 0.3) is 0 Å². The third kappa shape index (κ3) is 1.86. The summed E-state index contributed by atoms with van der Waals surface area (Å²) in [5.41, 5.74) is 2.41. The van der Waals surface area contributed by atoms with Gasteiger partial charge < -0.3 is 4.57 Å². The number of nitriles is 1. The maximum Gasteiger partial charge on any atom is 0.253 e. The second-order valence-corrected chi connectivity index (χ2v) is 5.59. The standard InChI is InChI=1S/C15H18N2O/c1-2-11-7-13(12-3-4-12)9-17(15(11)18)14-5-10(6-14)8-16/h7,9-10,12,14H,2-6H2,1H3. The summed E-state index contributed by atoms with van der Waals surface area (Å²) in [4.78, 5) is 12.3. The van der Waals surface area contributed by atoms with E-state index in [1.165, 1.54) is 18.4 Å². The van der Waals surface area contributed by atoms with Gasteiger partial charge in [-0.25, -0.2) is 0 Å². The molecule has 1 heterocycles. The molecule has 18 heavy (non-hydrogen) atoms. The van der Waals surface area contributed by atoms with Crippen LogP contribution in [0.15, 0.2) is 17.1 Å². The van der Waals surface area contributed by atoms with Gasteiger partial charge in [0.25, 0.3) is 5.56 Å². The van der Waals surface area contributed by atoms with Crippen LogP contribution in [-0.4, -0.2) is 4.57 Å². The summed E-state index contributed by atoms with van der Waals surface area (Å²) in [6.45, 7) is 2.04. The molecule has 0 bridgehead atoms. The molecule has 2 aliphatic rings. The van der Waals surface area contributed by atoms with Crippen molar-refractivity contribution >= 4 is 0 Å². The fourth-order valence-corrected chi connectivity index (χ4v) is 2.77. The van der Waals surface area contributed by atoms with Crippen LogP contribution < -0.4 is 5.56 Å². The van der Waals surface area contributed by atoms with E-state index in [-0.39, 0.29) is 17.5 Å². The first kappa shape index (κ1) is 11.5. The number of aryl methyl sites for hydroxylation is 1. The molecule has 1 aromatic heterocycles. The lowest BCUT2D eigenvalue weighted by molar-refractivity contribution is 0.242. The van der Waals surface area contributed by atoms with E-state index in [9.17, 15) is 4.79 Å². The van der Waals surface area contributed by atoms with Crippen molar-refractivity contribution in [2.24, 2.45) is 5.92 Å². The highest BCUT2D eigenvalue weighted by Gasteiger charge is 2.32. The third-order valence-corrected chi connectivity index (χ3v) is 4.26. The van der Waals surface area contributed by atoms with Crippen LogP contribution in [-0.2, 0) is 6.42 Å². The SMILES string of the molecule is CCc1cc(C2CC2)cn(C2CC(C#N)C2)c1=O. The van der Waals surface area contributed by atoms with Crippen molar-refractivity contribution in [2.75, 3.05) is 0 Å². The molecule has 0 N–H and O–H groups in total. The molecule has 1 aromatic rings. The Kier molecular flexibility index (Phi) is 2.74. The topological polar surface area (TPSA) is 45.8 Å². The normalized spacial score (nSPS) is 26.4. The van der Waals surface area contributed by atoms with Crippen molar-refractivity contribution in [3.63, 3.8) is 0 Å². The molecule has 94 valence electrons. The van der Waals surface area contributed by atoms with Crippen molar-refractivity contribution in [1.29, 1.82) is 5.26 Å². The molecular weight excluding hydrogens is 224 g/mol. The lowest BCUT2D eigenvalue weighted by Crippen LogP contribution is -2.34. The summed E-state index contributed by atoms with van der Waals surface area (Å²) in [5.74, 6) is 0.825. The summed E-state index contributed by atoms with van der Waals surface area (Å²) in [6, 6.07) is 4.63. The van der Waals surface area contributed by atoms with Gasteiger partial charge in [-0.3, -0.25) is 4.79 Å². The Morgan fingerprint density at radius 2 is 2.17 bits per heavy atom. The fourth-order valence-electron chi connectivity index (χ4n) is 2.77. The molecule has 3 rings (SSSR count). The van der Waals surface area contributed by atoms with E-state index in [0.29, 0.717) is 5.92 Å². The lowest BCUT2D eigenvalue weighted by atomic mass is 9.81. The van der Waals surface area contributed by atoms with Gasteiger partial charge in [0.2, 0.25) is 0 Å². The van der Waals surface area contributed by atoms with Gasteiger partial charge in [-0.15, -0.1) is 0 Å². The summed E-state index contributed by atoms with van der Waals surface area (Å²) in [7, 11) is 0. The van der Waals surface area contributed by atoms with E-state index in [0.717, 1.165) is 24.8 Å². The first-order valence-electron chi connectivity index (χ1n) is 6.87. The molecule has 0 radical (unpaired) electrons. The van der Waals surface area contributed by atoms with Crippen LogP contribution in [0.5, 0.6) is 0 Å². The van der Waals surface area contributed by atoms with Gasteiger partial charge in [-0.05, 0) is 49.7 Å². The number of nitrogens with zero attached hydrogens (tertiary/aromatic N) is 2. The van der Waals surface area contributed by atoms with Gasteiger partial charge in [-0.2, -0.15) is 5.26 Å². The number of hydrogen-bond acceptors (Lipinski definition) is 2.